The van der Waals surface area contributed by atoms with Crippen molar-refractivity contribution in [1.29, 1.82) is 0 Å². The summed E-state index contributed by atoms with van der Waals surface area (Å²) in [5.74, 6) is 1.43. The van der Waals surface area contributed by atoms with Gasteiger partial charge in [-0.1, -0.05) is 84.0 Å². The van der Waals surface area contributed by atoms with Crippen molar-refractivity contribution in [3.05, 3.63) is 70.3 Å². The van der Waals surface area contributed by atoms with Crippen molar-refractivity contribution in [2.75, 3.05) is 27.2 Å². The predicted molar refractivity (Wildman–Crippen MR) is 122 cm³/mol. The number of nitrogens with zero attached hydrogens (tertiary/aromatic N) is 1. The molecular formula is C26H39NO. The van der Waals surface area contributed by atoms with E-state index in [9.17, 15) is 0 Å². The number of benzene rings is 2. The standard InChI is InChI=1S/C26H39NO/c1-18(2)22-16-23(19(3)4)25(24(17-22)20(5)6)26(28-15-14-27(7)8)21-12-10-9-11-13-21/h9-13,16-20,26H,14-15H2,1-8H3. The highest BCUT2D eigenvalue weighted by Crippen LogP contribution is 2.39. The predicted octanol–water partition coefficient (Wildman–Crippen LogP) is 6.72. The molecule has 0 bridgehead atoms. The second-order valence-corrected chi connectivity index (χ2v) is 9.04. The van der Waals surface area contributed by atoms with E-state index in [0.29, 0.717) is 24.4 Å². The van der Waals surface area contributed by atoms with E-state index in [0.717, 1.165) is 6.54 Å². The van der Waals surface area contributed by atoms with Crippen LogP contribution in [0.3, 0.4) is 0 Å². The van der Waals surface area contributed by atoms with E-state index >= 15 is 0 Å². The molecule has 0 aliphatic carbocycles. The van der Waals surface area contributed by atoms with Crippen molar-refractivity contribution >= 4 is 0 Å². The molecule has 0 saturated heterocycles. The van der Waals surface area contributed by atoms with Gasteiger partial charge in [0.15, 0.2) is 0 Å². The van der Waals surface area contributed by atoms with Gasteiger partial charge in [-0.25, -0.2) is 0 Å². The van der Waals surface area contributed by atoms with Crippen LogP contribution in [0.2, 0.25) is 0 Å². The highest BCUT2D eigenvalue weighted by atomic mass is 16.5. The summed E-state index contributed by atoms with van der Waals surface area (Å²) >= 11 is 0. The highest BCUT2D eigenvalue weighted by molar-refractivity contribution is 5.48. The largest absolute Gasteiger partial charge is 0.367 e. The van der Waals surface area contributed by atoms with Crippen LogP contribution in [0.15, 0.2) is 42.5 Å². The normalized spacial score (nSPS) is 13.1. The molecule has 0 fully saturated rings. The van der Waals surface area contributed by atoms with Crippen LogP contribution in [0.5, 0.6) is 0 Å². The highest BCUT2D eigenvalue weighted by Gasteiger charge is 2.25. The van der Waals surface area contributed by atoms with Crippen molar-refractivity contribution in [2.45, 2.75) is 65.4 Å². The molecule has 0 heterocycles. The van der Waals surface area contributed by atoms with Gasteiger partial charge in [0, 0.05) is 6.54 Å². The van der Waals surface area contributed by atoms with Gasteiger partial charge in [-0.15, -0.1) is 0 Å². The fourth-order valence-corrected chi connectivity index (χ4v) is 3.64. The molecule has 0 amide bonds. The Kier molecular flexibility index (Phi) is 8.27. The van der Waals surface area contributed by atoms with E-state index in [1.165, 1.54) is 27.8 Å². The van der Waals surface area contributed by atoms with Crippen LogP contribution in [-0.2, 0) is 4.74 Å². The number of ether oxygens (including phenoxy) is 1. The number of hydrogen-bond acceptors (Lipinski definition) is 2. The molecule has 0 aromatic heterocycles. The summed E-state index contributed by atoms with van der Waals surface area (Å²) in [5.41, 5.74) is 6.89. The summed E-state index contributed by atoms with van der Waals surface area (Å²) in [6.07, 6.45) is -0.0304. The molecule has 154 valence electrons. The molecule has 0 aliphatic heterocycles. The Morgan fingerprint density at radius 2 is 1.29 bits per heavy atom. The molecule has 2 rings (SSSR count). The summed E-state index contributed by atoms with van der Waals surface area (Å²) < 4.78 is 6.57. The van der Waals surface area contributed by atoms with Crippen LogP contribution < -0.4 is 0 Å². The fourth-order valence-electron chi connectivity index (χ4n) is 3.64. The second kappa shape index (κ2) is 10.2. The maximum atomic E-state index is 6.57. The van der Waals surface area contributed by atoms with E-state index in [4.69, 9.17) is 4.74 Å². The Hall–Kier alpha value is -1.64. The van der Waals surface area contributed by atoms with E-state index in [1.54, 1.807) is 0 Å². The first-order valence-electron chi connectivity index (χ1n) is 10.7. The van der Waals surface area contributed by atoms with E-state index in [-0.39, 0.29) is 6.10 Å². The summed E-state index contributed by atoms with van der Waals surface area (Å²) in [7, 11) is 4.19. The van der Waals surface area contributed by atoms with E-state index < -0.39 is 0 Å². The van der Waals surface area contributed by atoms with Gasteiger partial charge in [0.05, 0.1) is 6.61 Å². The SMILES string of the molecule is CC(C)c1cc(C(C)C)c(C(OCCN(C)C)c2ccccc2)c(C(C)C)c1. The number of likely N-dealkylation sites (N-methyl/N-ethyl adjacent to an activating group) is 1. The van der Waals surface area contributed by atoms with Crippen LogP contribution in [0.1, 0.15) is 93.2 Å². The van der Waals surface area contributed by atoms with Crippen molar-refractivity contribution < 1.29 is 4.74 Å². The van der Waals surface area contributed by atoms with Crippen molar-refractivity contribution in [2.24, 2.45) is 0 Å². The molecule has 0 aliphatic rings. The lowest BCUT2D eigenvalue weighted by atomic mass is 9.81. The molecule has 2 aromatic rings. The van der Waals surface area contributed by atoms with Gasteiger partial charge in [-0.3, -0.25) is 0 Å². The molecular weight excluding hydrogens is 342 g/mol. The van der Waals surface area contributed by atoms with E-state index in [1.807, 2.05) is 0 Å². The van der Waals surface area contributed by atoms with Gasteiger partial charge in [0.25, 0.3) is 0 Å². The first kappa shape index (κ1) is 22.6. The molecule has 2 heteroatoms. The smallest absolute Gasteiger partial charge is 0.108 e. The molecule has 2 aromatic carbocycles. The van der Waals surface area contributed by atoms with Gasteiger partial charge in [-0.2, -0.15) is 0 Å². The molecule has 0 saturated carbocycles. The van der Waals surface area contributed by atoms with Crippen molar-refractivity contribution in [3.8, 4) is 0 Å². The zero-order valence-corrected chi connectivity index (χ0v) is 19.1. The third kappa shape index (κ3) is 5.68. The topological polar surface area (TPSA) is 12.5 Å². The van der Waals surface area contributed by atoms with Gasteiger partial charge in [-0.05, 0) is 59.7 Å². The lowest BCUT2D eigenvalue weighted by molar-refractivity contribution is 0.0673. The minimum absolute atomic E-state index is 0.0304. The zero-order valence-electron chi connectivity index (χ0n) is 19.1. The third-order valence-corrected chi connectivity index (χ3v) is 5.36. The van der Waals surface area contributed by atoms with Crippen molar-refractivity contribution in [1.82, 2.24) is 4.90 Å². The first-order chi connectivity index (χ1) is 13.2. The van der Waals surface area contributed by atoms with Gasteiger partial charge >= 0.3 is 0 Å². The first-order valence-corrected chi connectivity index (χ1v) is 10.7. The summed E-state index contributed by atoms with van der Waals surface area (Å²) in [5, 5.41) is 0. The Balaban J connectivity index is 2.65. The molecule has 1 atom stereocenters. The molecule has 2 nitrogen and oxygen atoms in total. The van der Waals surface area contributed by atoms with Gasteiger partial charge < -0.3 is 9.64 Å². The minimum Gasteiger partial charge on any atom is -0.367 e. The molecule has 0 spiro atoms. The average Bonchev–Trinajstić information content (AvgIpc) is 2.64. The maximum absolute atomic E-state index is 6.57. The summed E-state index contributed by atoms with van der Waals surface area (Å²) in [6.45, 7) is 15.4. The average molecular weight is 382 g/mol. The van der Waals surface area contributed by atoms with E-state index in [2.05, 4.69) is 103 Å². The monoisotopic (exact) mass is 381 g/mol. The van der Waals surface area contributed by atoms with Crippen LogP contribution >= 0.6 is 0 Å². The Bertz CT molecular complexity index is 702. The second-order valence-electron chi connectivity index (χ2n) is 9.04. The van der Waals surface area contributed by atoms with Gasteiger partial charge in [0.2, 0.25) is 0 Å². The minimum atomic E-state index is -0.0304. The third-order valence-electron chi connectivity index (χ3n) is 5.36. The number of hydrogen-bond donors (Lipinski definition) is 0. The van der Waals surface area contributed by atoms with Crippen LogP contribution in [-0.4, -0.2) is 32.1 Å². The van der Waals surface area contributed by atoms with Crippen LogP contribution in [0.25, 0.3) is 0 Å². The molecule has 0 radical (unpaired) electrons. The fraction of sp³-hybridized carbons (Fsp3) is 0.538. The van der Waals surface area contributed by atoms with Crippen LogP contribution in [0, 0.1) is 0 Å². The zero-order chi connectivity index (χ0) is 20.8. The quantitative estimate of drug-likeness (QED) is 0.478. The summed E-state index contributed by atoms with van der Waals surface area (Å²) in [6, 6.07) is 15.5. The van der Waals surface area contributed by atoms with Gasteiger partial charge in [0.1, 0.15) is 6.10 Å². The van der Waals surface area contributed by atoms with Crippen molar-refractivity contribution in [3.63, 3.8) is 0 Å². The maximum Gasteiger partial charge on any atom is 0.108 e. The lowest BCUT2D eigenvalue weighted by Crippen LogP contribution is -2.21. The van der Waals surface area contributed by atoms with Crippen LogP contribution in [0.4, 0.5) is 0 Å². The molecule has 1 unspecified atom stereocenters. The Morgan fingerprint density at radius 1 is 0.750 bits per heavy atom. The Morgan fingerprint density at radius 3 is 1.71 bits per heavy atom. The Labute approximate surface area is 172 Å². The molecule has 28 heavy (non-hydrogen) atoms. The molecule has 0 N–H and O–H groups in total. The lowest BCUT2D eigenvalue weighted by Gasteiger charge is -2.29. The number of rotatable bonds is 9. The summed E-state index contributed by atoms with van der Waals surface area (Å²) in [4.78, 5) is 2.18.